The molecule has 0 aromatic carbocycles. The van der Waals surface area contributed by atoms with E-state index in [4.69, 9.17) is 4.52 Å². The molecule has 0 radical (unpaired) electrons. The SMILES string of the molecule is CNC(c1ccn(Cc2nc(C3CC3)no2)c1)C(C)C. The lowest BCUT2D eigenvalue weighted by Crippen LogP contribution is -2.21. The van der Waals surface area contributed by atoms with Crippen molar-refractivity contribution in [1.82, 2.24) is 20.0 Å². The van der Waals surface area contributed by atoms with Gasteiger partial charge in [-0.05, 0) is 37.4 Å². The van der Waals surface area contributed by atoms with Gasteiger partial charge in [0.05, 0.1) is 0 Å². The molecule has 108 valence electrons. The van der Waals surface area contributed by atoms with E-state index in [9.17, 15) is 0 Å². The molecular weight excluding hydrogens is 252 g/mol. The highest BCUT2D eigenvalue weighted by Crippen LogP contribution is 2.38. The van der Waals surface area contributed by atoms with Gasteiger partial charge >= 0.3 is 0 Å². The molecule has 5 nitrogen and oxygen atoms in total. The summed E-state index contributed by atoms with van der Waals surface area (Å²) in [4.78, 5) is 4.46. The highest BCUT2D eigenvalue weighted by molar-refractivity contribution is 5.16. The van der Waals surface area contributed by atoms with Gasteiger partial charge < -0.3 is 14.4 Å². The summed E-state index contributed by atoms with van der Waals surface area (Å²) >= 11 is 0. The molecule has 0 bridgehead atoms. The Hall–Kier alpha value is -1.62. The van der Waals surface area contributed by atoms with Crippen molar-refractivity contribution in [1.29, 1.82) is 0 Å². The summed E-state index contributed by atoms with van der Waals surface area (Å²) in [7, 11) is 2.00. The maximum Gasteiger partial charge on any atom is 0.246 e. The zero-order chi connectivity index (χ0) is 14.1. The molecule has 0 amide bonds. The van der Waals surface area contributed by atoms with Gasteiger partial charge in [-0.25, -0.2) is 0 Å². The number of hydrogen-bond acceptors (Lipinski definition) is 4. The van der Waals surface area contributed by atoms with E-state index in [1.54, 1.807) is 0 Å². The van der Waals surface area contributed by atoms with E-state index in [2.05, 4.69) is 52.3 Å². The second-order valence-corrected chi connectivity index (χ2v) is 5.95. The zero-order valence-corrected chi connectivity index (χ0v) is 12.3. The largest absolute Gasteiger partial charge is 0.345 e. The van der Waals surface area contributed by atoms with E-state index in [1.807, 2.05) is 7.05 Å². The van der Waals surface area contributed by atoms with Gasteiger partial charge in [0.25, 0.3) is 0 Å². The third-order valence-corrected chi connectivity index (χ3v) is 3.85. The molecule has 2 aromatic heterocycles. The van der Waals surface area contributed by atoms with E-state index < -0.39 is 0 Å². The molecule has 1 aliphatic carbocycles. The fourth-order valence-corrected chi connectivity index (χ4v) is 2.62. The molecule has 1 unspecified atom stereocenters. The summed E-state index contributed by atoms with van der Waals surface area (Å²) in [5, 5.41) is 7.41. The first kappa shape index (κ1) is 13.4. The van der Waals surface area contributed by atoms with Crippen molar-refractivity contribution in [3.8, 4) is 0 Å². The van der Waals surface area contributed by atoms with E-state index >= 15 is 0 Å². The first-order valence-electron chi connectivity index (χ1n) is 7.32. The van der Waals surface area contributed by atoms with Gasteiger partial charge in [-0.2, -0.15) is 4.98 Å². The Morgan fingerprint density at radius 3 is 2.90 bits per heavy atom. The van der Waals surface area contributed by atoms with Crippen LogP contribution in [-0.4, -0.2) is 21.8 Å². The molecule has 2 aromatic rings. The van der Waals surface area contributed by atoms with Gasteiger partial charge in [-0.3, -0.25) is 0 Å². The second-order valence-electron chi connectivity index (χ2n) is 5.95. The van der Waals surface area contributed by atoms with Gasteiger partial charge in [0.15, 0.2) is 5.82 Å². The quantitative estimate of drug-likeness (QED) is 0.880. The van der Waals surface area contributed by atoms with Crippen LogP contribution < -0.4 is 5.32 Å². The topological polar surface area (TPSA) is 55.9 Å². The first-order valence-corrected chi connectivity index (χ1v) is 7.32. The Morgan fingerprint density at radius 1 is 1.45 bits per heavy atom. The lowest BCUT2D eigenvalue weighted by molar-refractivity contribution is 0.366. The summed E-state index contributed by atoms with van der Waals surface area (Å²) in [6, 6.07) is 2.53. The molecule has 3 rings (SSSR count). The third kappa shape index (κ3) is 2.77. The lowest BCUT2D eigenvalue weighted by Gasteiger charge is -2.18. The van der Waals surface area contributed by atoms with E-state index in [0.717, 1.165) is 5.82 Å². The number of rotatable bonds is 6. The average Bonchev–Trinajstić information content (AvgIpc) is 3.00. The predicted octanol–water partition coefficient (Wildman–Crippen LogP) is 2.71. The minimum atomic E-state index is 0.376. The van der Waals surface area contributed by atoms with Crippen molar-refractivity contribution in [2.24, 2.45) is 5.92 Å². The maximum atomic E-state index is 5.32. The molecule has 5 heteroatoms. The Kier molecular flexibility index (Phi) is 3.61. The Morgan fingerprint density at radius 2 is 2.25 bits per heavy atom. The van der Waals surface area contributed by atoms with Crippen LogP contribution in [0, 0.1) is 5.92 Å². The van der Waals surface area contributed by atoms with Crippen molar-refractivity contribution in [3.05, 3.63) is 35.7 Å². The highest BCUT2D eigenvalue weighted by atomic mass is 16.5. The number of nitrogens with one attached hydrogen (secondary N) is 1. The monoisotopic (exact) mass is 274 g/mol. The molecule has 0 aliphatic heterocycles. The fourth-order valence-electron chi connectivity index (χ4n) is 2.62. The zero-order valence-electron chi connectivity index (χ0n) is 12.3. The van der Waals surface area contributed by atoms with Crippen LogP contribution in [0.1, 0.15) is 55.9 Å². The number of aromatic nitrogens is 3. The minimum Gasteiger partial charge on any atom is -0.345 e. The minimum absolute atomic E-state index is 0.376. The van der Waals surface area contributed by atoms with Crippen LogP contribution in [0.4, 0.5) is 0 Å². The third-order valence-electron chi connectivity index (χ3n) is 3.85. The second kappa shape index (κ2) is 5.40. The number of nitrogens with zero attached hydrogens (tertiary/aromatic N) is 3. The van der Waals surface area contributed by atoms with E-state index in [-0.39, 0.29) is 0 Å². The highest BCUT2D eigenvalue weighted by Gasteiger charge is 2.28. The van der Waals surface area contributed by atoms with Crippen molar-refractivity contribution in [3.63, 3.8) is 0 Å². The Labute approximate surface area is 119 Å². The molecular formula is C15H22N4O. The van der Waals surface area contributed by atoms with Crippen molar-refractivity contribution in [2.75, 3.05) is 7.05 Å². The first-order chi connectivity index (χ1) is 9.67. The van der Waals surface area contributed by atoms with Crippen molar-refractivity contribution in [2.45, 2.75) is 45.2 Å². The smallest absolute Gasteiger partial charge is 0.246 e. The summed E-state index contributed by atoms with van der Waals surface area (Å²) in [6.07, 6.45) is 6.63. The summed E-state index contributed by atoms with van der Waals surface area (Å²) in [5.74, 6) is 2.67. The fraction of sp³-hybridized carbons (Fsp3) is 0.600. The van der Waals surface area contributed by atoms with Gasteiger partial charge in [-0.1, -0.05) is 19.0 Å². The summed E-state index contributed by atoms with van der Waals surface area (Å²) < 4.78 is 7.42. The normalized spacial score (nSPS) is 16.8. The van der Waals surface area contributed by atoms with Gasteiger partial charge in [-0.15, -0.1) is 0 Å². The molecule has 1 saturated carbocycles. The molecule has 20 heavy (non-hydrogen) atoms. The number of hydrogen-bond donors (Lipinski definition) is 1. The molecule has 1 atom stereocenters. The van der Waals surface area contributed by atoms with Crippen LogP contribution in [0.3, 0.4) is 0 Å². The molecule has 0 saturated heterocycles. The Balaban J connectivity index is 1.69. The average molecular weight is 274 g/mol. The lowest BCUT2D eigenvalue weighted by atomic mass is 9.99. The van der Waals surface area contributed by atoms with Crippen LogP contribution in [0.25, 0.3) is 0 Å². The van der Waals surface area contributed by atoms with Crippen LogP contribution in [-0.2, 0) is 6.54 Å². The van der Waals surface area contributed by atoms with Crippen LogP contribution in [0.15, 0.2) is 23.0 Å². The van der Waals surface area contributed by atoms with Gasteiger partial charge in [0, 0.05) is 24.4 Å². The molecule has 2 heterocycles. The van der Waals surface area contributed by atoms with E-state index in [1.165, 1.54) is 18.4 Å². The summed E-state index contributed by atoms with van der Waals surface area (Å²) in [5.41, 5.74) is 1.30. The van der Waals surface area contributed by atoms with Crippen molar-refractivity contribution >= 4 is 0 Å². The summed E-state index contributed by atoms with van der Waals surface area (Å²) in [6.45, 7) is 5.09. The van der Waals surface area contributed by atoms with Gasteiger partial charge in [0.1, 0.15) is 6.54 Å². The molecule has 1 fully saturated rings. The van der Waals surface area contributed by atoms with Crippen LogP contribution in [0.5, 0.6) is 0 Å². The predicted molar refractivity (Wildman–Crippen MR) is 76.4 cm³/mol. The van der Waals surface area contributed by atoms with Crippen molar-refractivity contribution < 1.29 is 4.52 Å². The van der Waals surface area contributed by atoms with Crippen LogP contribution in [0.2, 0.25) is 0 Å². The molecule has 0 spiro atoms. The molecule has 1 aliphatic rings. The maximum absolute atomic E-state index is 5.32. The van der Waals surface area contributed by atoms with Crippen LogP contribution >= 0.6 is 0 Å². The van der Waals surface area contributed by atoms with Gasteiger partial charge in [0.2, 0.25) is 5.89 Å². The standard InChI is InChI=1S/C15H22N4O/c1-10(2)14(16-3)12-6-7-19(8-12)9-13-17-15(18-20-13)11-4-5-11/h6-8,10-11,14,16H,4-5,9H2,1-3H3. The molecule has 1 N–H and O–H groups in total. The Bertz CT molecular complexity index is 568. The van der Waals surface area contributed by atoms with E-state index in [0.29, 0.717) is 30.3 Å².